The number of aryl methyl sites for hydroxylation is 2. The number of carbonyl (C=O) groups is 1. The van der Waals surface area contributed by atoms with Crippen LogP contribution in [0, 0.1) is 25.7 Å². The molecule has 0 saturated carbocycles. The van der Waals surface area contributed by atoms with Gasteiger partial charge in [-0.3, -0.25) is 4.79 Å². The number of thiocarbonyl (C=S) groups is 1. The van der Waals surface area contributed by atoms with Crippen LogP contribution in [0.5, 0.6) is 0 Å². The van der Waals surface area contributed by atoms with Crippen molar-refractivity contribution in [3.8, 4) is 0 Å². The van der Waals surface area contributed by atoms with Gasteiger partial charge in [0.05, 0.1) is 22.6 Å². The predicted octanol–water partition coefficient (Wildman–Crippen LogP) is 2.03. The van der Waals surface area contributed by atoms with Crippen LogP contribution in [0.2, 0.25) is 0 Å². The third-order valence-corrected chi connectivity index (χ3v) is 3.39. The predicted molar refractivity (Wildman–Crippen MR) is 77.6 cm³/mol. The lowest BCUT2D eigenvalue weighted by molar-refractivity contribution is -0.124. The molecule has 0 bridgehead atoms. The van der Waals surface area contributed by atoms with Crippen LogP contribution in [0.25, 0.3) is 0 Å². The SMILES string of the molecule is Cc1noc(C)c1C(C)NC(=O)C(C(N)=S)C(C)C. The van der Waals surface area contributed by atoms with Crippen LogP contribution in [0.4, 0.5) is 0 Å². The molecule has 1 aromatic heterocycles. The van der Waals surface area contributed by atoms with Gasteiger partial charge in [0.25, 0.3) is 0 Å². The molecule has 0 aliphatic rings. The standard InChI is InChI=1S/C13H21N3O2S/c1-6(2)10(12(14)19)13(17)15-7(3)11-8(4)16-18-9(11)5/h6-7,10H,1-5H3,(H2,14,19)(H,15,17). The molecule has 106 valence electrons. The van der Waals surface area contributed by atoms with E-state index in [1.165, 1.54) is 0 Å². The zero-order valence-electron chi connectivity index (χ0n) is 12.0. The summed E-state index contributed by atoms with van der Waals surface area (Å²) in [5.41, 5.74) is 7.31. The highest BCUT2D eigenvalue weighted by atomic mass is 32.1. The minimum absolute atomic E-state index is 0.0642. The zero-order valence-corrected chi connectivity index (χ0v) is 12.8. The van der Waals surface area contributed by atoms with Crippen molar-refractivity contribution >= 4 is 23.1 Å². The molecule has 0 aliphatic heterocycles. The van der Waals surface area contributed by atoms with Crippen LogP contribution < -0.4 is 11.1 Å². The molecule has 0 radical (unpaired) electrons. The maximum absolute atomic E-state index is 12.2. The van der Waals surface area contributed by atoms with Crippen molar-refractivity contribution in [3.63, 3.8) is 0 Å². The summed E-state index contributed by atoms with van der Waals surface area (Å²) in [6.07, 6.45) is 0. The largest absolute Gasteiger partial charge is 0.393 e. The summed E-state index contributed by atoms with van der Waals surface area (Å²) in [6, 6.07) is -0.186. The fraction of sp³-hybridized carbons (Fsp3) is 0.615. The van der Waals surface area contributed by atoms with Gasteiger partial charge in [0.1, 0.15) is 5.76 Å². The summed E-state index contributed by atoms with van der Waals surface area (Å²) in [5.74, 6) is 0.156. The van der Waals surface area contributed by atoms with Crippen LogP contribution in [0.3, 0.4) is 0 Å². The molecule has 0 aromatic carbocycles. The molecule has 5 nitrogen and oxygen atoms in total. The molecule has 0 fully saturated rings. The number of nitrogens with zero attached hydrogens (tertiary/aromatic N) is 1. The van der Waals surface area contributed by atoms with E-state index in [1.54, 1.807) is 0 Å². The molecule has 6 heteroatoms. The van der Waals surface area contributed by atoms with Crippen LogP contribution in [0.15, 0.2) is 4.52 Å². The molecule has 0 saturated heterocycles. The lowest BCUT2D eigenvalue weighted by Gasteiger charge is -2.22. The molecule has 2 atom stereocenters. The molecule has 1 aromatic rings. The minimum Gasteiger partial charge on any atom is -0.393 e. The fourth-order valence-corrected chi connectivity index (χ4v) is 2.62. The number of amides is 1. The molecule has 0 aliphatic carbocycles. The van der Waals surface area contributed by atoms with Crippen molar-refractivity contribution < 1.29 is 9.32 Å². The van der Waals surface area contributed by atoms with Crippen LogP contribution >= 0.6 is 12.2 Å². The number of carbonyl (C=O) groups excluding carboxylic acids is 1. The summed E-state index contributed by atoms with van der Waals surface area (Å²) in [6.45, 7) is 9.41. The average molecular weight is 283 g/mol. The van der Waals surface area contributed by atoms with E-state index >= 15 is 0 Å². The normalized spacial score (nSPS) is 14.2. The first kappa shape index (κ1) is 15.6. The van der Waals surface area contributed by atoms with Gasteiger partial charge in [-0.15, -0.1) is 0 Å². The van der Waals surface area contributed by atoms with E-state index in [-0.39, 0.29) is 22.9 Å². The molecule has 1 rings (SSSR count). The Kier molecular flexibility index (Phi) is 5.05. The van der Waals surface area contributed by atoms with E-state index in [4.69, 9.17) is 22.5 Å². The van der Waals surface area contributed by atoms with Gasteiger partial charge in [-0.2, -0.15) is 0 Å². The van der Waals surface area contributed by atoms with Crippen LogP contribution in [-0.4, -0.2) is 16.1 Å². The minimum atomic E-state index is -0.460. The average Bonchev–Trinajstić information content (AvgIpc) is 2.56. The Morgan fingerprint density at radius 1 is 1.37 bits per heavy atom. The van der Waals surface area contributed by atoms with E-state index < -0.39 is 5.92 Å². The summed E-state index contributed by atoms with van der Waals surface area (Å²) in [4.78, 5) is 12.4. The van der Waals surface area contributed by atoms with E-state index in [9.17, 15) is 4.79 Å². The van der Waals surface area contributed by atoms with Crippen molar-refractivity contribution in [2.24, 2.45) is 17.6 Å². The third kappa shape index (κ3) is 3.53. The first-order valence-electron chi connectivity index (χ1n) is 6.28. The number of hydrogen-bond acceptors (Lipinski definition) is 4. The highest BCUT2D eigenvalue weighted by Gasteiger charge is 2.27. The van der Waals surface area contributed by atoms with Gasteiger partial charge in [-0.1, -0.05) is 31.2 Å². The Bertz CT molecular complexity index is 463. The Morgan fingerprint density at radius 2 is 1.95 bits per heavy atom. The smallest absolute Gasteiger partial charge is 0.230 e. The van der Waals surface area contributed by atoms with Crippen molar-refractivity contribution in [2.45, 2.75) is 40.7 Å². The van der Waals surface area contributed by atoms with E-state index in [0.29, 0.717) is 5.76 Å². The zero-order chi connectivity index (χ0) is 14.7. The monoisotopic (exact) mass is 283 g/mol. The second-order valence-corrected chi connectivity index (χ2v) is 5.56. The highest BCUT2D eigenvalue weighted by molar-refractivity contribution is 7.80. The summed E-state index contributed by atoms with van der Waals surface area (Å²) in [7, 11) is 0. The van der Waals surface area contributed by atoms with Gasteiger partial charge in [-0.05, 0) is 26.7 Å². The maximum atomic E-state index is 12.2. The van der Waals surface area contributed by atoms with Gasteiger partial charge in [0, 0.05) is 5.56 Å². The third-order valence-electron chi connectivity index (χ3n) is 3.14. The lowest BCUT2D eigenvalue weighted by atomic mass is 9.94. The fourth-order valence-electron chi connectivity index (χ4n) is 2.24. The number of nitrogens with two attached hydrogens (primary N) is 1. The van der Waals surface area contributed by atoms with E-state index in [2.05, 4.69) is 10.5 Å². The molecule has 1 heterocycles. The maximum Gasteiger partial charge on any atom is 0.230 e. The first-order chi connectivity index (χ1) is 8.75. The number of hydrogen-bond donors (Lipinski definition) is 2. The first-order valence-corrected chi connectivity index (χ1v) is 6.69. The van der Waals surface area contributed by atoms with E-state index in [1.807, 2.05) is 34.6 Å². The van der Waals surface area contributed by atoms with Crippen LogP contribution in [-0.2, 0) is 4.79 Å². The number of aromatic nitrogens is 1. The molecular formula is C13H21N3O2S. The van der Waals surface area contributed by atoms with Crippen LogP contribution in [0.1, 0.15) is 43.8 Å². The molecule has 1 amide bonds. The molecule has 2 unspecified atom stereocenters. The topological polar surface area (TPSA) is 81.2 Å². The molecular weight excluding hydrogens is 262 g/mol. The Labute approximate surface area is 118 Å². The molecule has 19 heavy (non-hydrogen) atoms. The number of rotatable bonds is 5. The molecule has 0 spiro atoms. The number of nitrogens with one attached hydrogen (secondary N) is 1. The quantitative estimate of drug-likeness (QED) is 0.808. The summed E-state index contributed by atoms with van der Waals surface area (Å²) in [5, 5.41) is 6.80. The second kappa shape index (κ2) is 6.14. The van der Waals surface area contributed by atoms with Crippen molar-refractivity contribution in [2.75, 3.05) is 0 Å². The Balaban J connectivity index is 2.85. The van der Waals surface area contributed by atoms with Crippen molar-refractivity contribution in [1.29, 1.82) is 0 Å². The van der Waals surface area contributed by atoms with Gasteiger partial charge in [0.15, 0.2) is 0 Å². The highest BCUT2D eigenvalue weighted by Crippen LogP contribution is 2.22. The van der Waals surface area contributed by atoms with Gasteiger partial charge < -0.3 is 15.6 Å². The summed E-state index contributed by atoms with van der Waals surface area (Å²) < 4.78 is 5.10. The second-order valence-electron chi connectivity index (χ2n) is 5.09. The van der Waals surface area contributed by atoms with Crippen molar-refractivity contribution in [3.05, 3.63) is 17.0 Å². The Morgan fingerprint density at radius 3 is 2.32 bits per heavy atom. The summed E-state index contributed by atoms with van der Waals surface area (Å²) >= 11 is 4.96. The molecule has 3 N–H and O–H groups in total. The van der Waals surface area contributed by atoms with Gasteiger partial charge in [-0.25, -0.2) is 0 Å². The van der Waals surface area contributed by atoms with E-state index in [0.717, 1.165) is 11.3 Å². The van der Waals surface area contributed by atoms with Crippen molar-refractivity contribution in [1.82, 2.24) is 10.5 Å². The van der Waals surface area contributed by atoms with Gasteiger partial charge in [0.2, 0.25) is 5.91 Å². The van der Waals surface area contributed by atoms with Gasteiger partial charge >= 0.3 is 0 Å². The Hall–Kier alpha value is -1.43. The lowest BCUT2D eigenvalue weighted by Crippen LogP contribution is -2.41.